The highest BCUT2D eigenvalue weighted by atomic mass is 35.5. The lowest BCUT2D eigenvalue weighted by Gasteiger charge is -2.27. The largest absolute Gasteiger partial charge is 0.464 e. The molecule has 0 spiro atoms. The summed E-state index contributed by atoms with van der Waals surface area (Å²) in [6.45, 7) is 4.22. The Morgan fingerprint density at radius 1 is 1.23 bits per heavy atom. The maximum absolute atomic E-state index is 13.0. The molecule has 3 aromatic rings. The van der Waals surface area contributed by atoms with Crippen molar-refractivity contribution in [1.29, 1.82) is 0 Å². The van der Waals surface area contributed by atoms with Crippen LogP contribution in [0.5, 0.6) is 0 Å². The second kappa shape index (κ2) is 8.05. The van der Waals surface area contributed by atoms with Gasteiger partial charge in [-0.05, 0) is 43.9 Å². The van der Waals surface area contributed by atoms with Crippen molar-refractivity contribution in [3.8, 4) is 0 Å². The first-order chi connectivity index (χ1) is 15.0. The van der Waals surface area contributed by atoms with Gasteiger partial charge in [0, 0.05) is 43.2 Å². The topological polar surface area (TPSA) is 91.6 Å². The second-order valence-corrected chi connectivity index (χ2v) is 8.68. The van der Waals surface area contributed by atoms with Gasteiger partial charge in [-0.3, -0.25) is 19.5 Å². The van der Waals surface area contributed by atoms with E-state index in [0.29, 0.717) is 59.0 Å². The number of aryl methyl sites for hydroxylation is 1. The van der Waals surface area contributed by atoms with Crippen LogP contribution in [0.3, 0.4) is 0 Å². The number of benzene rings is 1. The van der Waals surface area contributed by atoms with E-state index in [-0.39, 0.29) is 11.0 Å². The number of H-pyrrole nitrogens is 1. The maximum atomic E-state index is 13.0. The number of nitrogens with one attached hydrogen (secondary N) is 1. The van der Waals surface area contributed by atoms with Crippen molar-refractivity contribution < 1.29 is 4.42 Å². The van der Waals surface area contributed by atoms with Crippen molar-refractivity contribution >= 4 is 28.3 Å². The Hall–Kier alpha value is -2.77. The Morgan fingerprint density at radius 2 is 2.10 bits per heavy atom. The number of hydrogen-bond acceptors (Lipinski definition) is 6. The molecule has 0 fully saturated rings. The van der Waals surface area contributed by atoms with Crippen LogP contribution in [0.1, 0.15) is 47.5 Å². The van der Waals surface area contributed by atoms with Crippen LogP contribution < -0.4 is 11.0 Å². The fourth-order valence-corrected chi connectivity index (χ4v) is 4.45. The quantitative estimate of drug-likeness (QED) is 0.676. The molecule has 0 atom stereocenters. The predicted molar refractivity (Wildman–Crippen MR) is 120 cm³/mol. The van der Waals surface area contributed by atoms with Gasteiger partial charge in [-0.25, -0.2) is 4.98 Å². The van der Waals surface area contributed by atoms with Crippen LogP contribution in [0.4, 0.5) is 0 Å². The van der Waals surface area contributed by atoms with Gasteiger partial charge >= 0.3 is 0 Å². The van der Waals surface area contributed by atoms with Gasteiger partial charge in [0.05, 0.1) is 28.6 Å². The molecule has 5 rings (SSSR count). The Bertz CT molecular complexity index is 1320. The van der Waals surface area contributed by atoms with E-state index in [9.17, 15) is 9.59 Å². The van der Waals surface area contributed by atoms with Gasteiger partial charge in [-0.2, -0.15) is 0 Å². The molecule has 160 valence electrons. The number of aromatic nitrogens is 2. The zero-order chi connectivity index (χ0) is 21.5. The van der Waals surface area contributed by atoms with Crippen LogP contribution >= 0.6 is 11.6 Å². The lowest BCUT2D eigenvalue weighted by atomic mass is 10.0. The van der Waals surface area contributed by atoms with E-state index in [2.05, 4.69) is 14.9 Å². The molecule has 0 radical (unpaired) electrons. The molecule has 0 saturated heterocycles. The van der Waals surface area contributed by atoms with Gasteiger partial charge < -0.3 is 9.40 Å². The van der Waals surface area contributed by atoms with Crippen LogP contribution in [0.15, 0.2) is 37.4 Å². The minimum Gasteiger partial charge on any atom is -0.464 e. The first-order valence-electron chi connectivity index (χ1n) is 10.6. The van der Waals surface area contributed by atoms with E-state index in [1.165, 1.54) is 6.26 Å². The van der Waals surface area contributed by atoms with Gasteiger partial charge in [0.25, 0.3) is 5.56 Å². The third-order valence-corrected chi connectivity index (χ3v) is 6.47. The van der Waals surface area contributed by atoms with Gasteiger partial charge in [-0.15, -0.1) is 0 Å². The third kappa shape index (κ3) is 3.83. The average Bonchev–Trinajstić information content (AvgIpc) is 2.78. The average molecular weight is 439 g/mol. The first-order valence-corrected chi connectivity index (χ1v) is 11.0. The minimum atomic E-state index is -0.120. The molecule has 2 aliphatic heterocycles. The van der Waals surface area contributed by atoms with Crippen molar-refractivity contribution in [2.24, 2.45) is 4.99 Å². The molecule has 4 heterocycles. The standard InChI is InChI=1S/C23H23ClN4O3/c1-13-8-20-15(9-17(13)24)21(29)14(12-31-20)10-28-7-5-18-16(11-28)23(30)27-22(26-18)19-4-2-3-6-25-19/h8-9,12H,2-7,10-11H2,1H3,(H,26,27,30). The Morgan fingerprint density at radius 3 is 2.90 bits per heavy atom. The highest BCUT2D eigenvalue weighted by Crippen LogP contribution is 2.23. The summed E-state index contributed by atoms with van der Waals surface area (Å²) >= 11 is 6.20. The van der Waals surface area contributed by atoms with E-state index < -0.39 is 0 Å². The predicted octanol–water partition coefficient (Wildman–Crippen LogP) is 3.37. The van der Waals surface area contributed by atoms with Gasteiger partial charge in [0.2, 0.25) is 0 Å². The molecule has 0 bridgehead atoms. The molecule has 0 aliphatic carbocycles. The summed E-state index contributed by atoms with van der Waals surface area (Å²) in [4.78, 5) is 39.9. The summed E-state index contributed by atoms with van der Waals surface area (Å²) in [6, 6.07) is 3.44. The number of hydrogen-bond donors (Lipinski definition) is 1. The highest BCUT2D eigenvalue weighted by molar-refractivity contribution is 6.32. The first kappa shape index (κ1) is 20.2. The lowest BCUT2D eigenvalue weighted by molar-refractivity contribution is 0.239. The number of aliphatic imine (C=N–C) groups is 1. The molecule has 2 aliphatic rings. The molecule has 31 heavy (non-hydrogen) atoms. The molecule has 0 unspecified atom stereocenters. The van der Waals surface area contributed by atoms with Crippen molar-refractivity contribution in [1.82, 2.24) is 14.9 Å². The van der Waals surface area contributed by atoms with E-state index in [0.717, 1.165) is 42.8 Å². The highest BCUT2D eigenvalue weighted by Gasteiger charge is 2.24. The van der Waals surface area contributed by atoms with E-state index >= 15 is 0 Å². The van der Waals surface area contributed by atoms with Crippen molar-refractivity contribution in [2.45, 2.75) is 45.7 Å². The van der Waals surface area contributed by atoms with Crippen LogP contribution in [0, 0.1) is 6.92 Å². The molecular formula is C23H23ClN4O3. The van der Waals surface area contributed by atoms with Crippen molar-refractivity contribution in [3.63, 3.8) is 0 Å². The Kier molecular flexibility index (Phi) is 5.24. The summed E-state index contributed by atoms with van der Waals surface area (Å²) in [5.74, 6) is 0.610. The van der Waals surface area contributed by atoms with E-state index in [1.807, 2.05) is 6.92 Å². The monoisotopic (exact) mass is 438 g/mol. The SMILES string of the molecule is Cc1cc2occ(CN3CCc4nc(C5=NCCCC5)[nH]c(=O)c4C3)c(=O)c2cc1Cl. The summed E-state index contributed by atoms with van der Waals surface area (Å²) in [5.41, 5.74) is 4.12. The van der Waals surface area contributed by atoms with Crippen LogP contribution in [-0.4, -0.2) is 33.7 Å². The molecule has 1 N–H and O–H groups in total. The van der Waals surface area contributed by atoms with Gasteiger partial charge in [-0.1, -0.05) is 11.6 Å². The zero-order valence-corrected chi connectivity index (χ0v) is 18.1. The molecule has 7 nitrogen and oxygen atoms in total. The number of halogens is 1. The Labute approximate surface area is 183 Å². The number of nitrogens with zero attached hydrogens (tertiary/aromatic N) is 3. The molecule has 2 aromatic heterocycles. The maximum Gasteiger partial charge on any atom is 0.255 e. The van der Waals surface area contributed by atoms with Crippen LogP contribution in [0.25, 0.3) is 11.0 Å². The normalized spacial score (nSPS) is 16.9. The third-order valence-electron chi connectivity index (χ3n) is 6.06. The summed E-state index contributed by atoms with van der Waals surface area (Å²) in [6.07, 6.45) is 5.19. The lowest BCUT2D eigenvalue weighted by Crippen LogP contribution is -2.37. The van der Waals surface area contributed by atoms with E-state index in [4.69, 9.17) is 21.0 Å². The van der Waals surface area contributed by atoms with Gasteiger partial charge in [0.1, 0.15) is 5.58 Å². The summed E-state index contributed by atoms with van der Waals surface area (Å²) < 4.78 is 5.70. The zero-order valence-electron chi connectivity index (χ0n) is 17.3. The van der Waals surface area contributed by atoms with Gasteiger partial charge in [0.15, 0.2) is 11.3 Å². The summed E-state index contributed by atoms with van der Waals surface area (Å²) in [7, 11) is 0. The number of aromatic amines is 1. The van der Waals surface area contributed by atoms with Crippen molar-refractivity contribution in [3.05, 3.63) is 72.2 Å². The summed E-state index contributed by atoms with van der Waals surface area (Å²) in [5, 5.41) is 1.02. The molecule has 1 aromatic carbocycles. The fourth-order valence-electron chi connectivity index (χ4n) is 4.28. The molecule has 8 heteroatoms. The second-order valence-electron chi connectivity index (χ2n) is 8.27. The smallest absolute Gasteiger partial charge is 0.255 e. The molecular weight excluding hydrogens is 416 g/mol. The molecule has 0 amide bonds. The van der Waals surface area contributed by atoms with E-state index in [1.54, 1.807) is 12.1 Å². The van der Waals surface area contributed by atoms with Crippen LogP contribution in [0.2, 0.25) is 5.02 Å². The van der Waals surface area contributed by atoms with Crippen LogP contribution in [-0.2, 0) is 19.5 Å². The Balaban J connectivity index is 1.41. The molecule has 0 saturated carbocycles. The number of rotatable bonds is 3. The number of fused-ring (bicyclic) bond motifs is 2. The minimum absolute atomic E-state index is 0.0911. The van der Waals surface area contributed by atoms with Crippen molar-refractivity contribution in [2.75, 3.05) is 13.1 Å². The fraction of sp³-hybridized carbons (Fsp3) is 0.391.